The molecule has 0 aliphatic carbocycles. The fourth-order valence-electron chi connectivity index (χ4n) is 2.81. The summed E-state index contributed by atoms with van der Waals surface area (Å²) in [4.78, 5) is 25.6. The fourth-order valence-corrected chi connectivity index (χ4v) is 2.81. The Morgan fingerprint density at radius 2 is 1.75 bits per heavy atom. The first-order valence-electron chi connectivity index (χ1n) is 8.76. The van der Waals surface area contributed by atoms with Crippen LogP contribution in [0.4, 0.5) is 5.69 Å². The van der Waals surface area contributed by atoms with Crippen molar-refractivity contribution < 1.29 is 23.5 Å². The lowest BCUT2D eigenvalue weighted by atomic mass is 10.1. The highest BCUT2D eigenvalue weighted by Gasteiger charge is 2.27. The molecule has 1 N–H and O–H groups in total. The van der Waals surface area contributed by atoms with Crippen molar-refractivity contribution in [1.82, 2.24) is 0 Å². The predicted molar refractivity (Wildman–Crippen MR) is 104 cm³/mol. The molecule has 3 rings (SSSR count). The molecule has 1 atom stereocenters. The highest BCUT2D eigenvalue weighted by atomic mass is 16.5. The number of nitrogens with one attached hydrogen (secondary N) is 1. The summed E-state index contributed by atoms with van der Waals surface area (Å²) in [6.07, 6.45) is -1.12. The van der Waals surface area contributed by atoms with Crippen LogP contribution in [0.2, 0.25) is 0 Å². The molecule has 0 radical (unpaired) electrons. The van der Waals surface area contributed by atoms with Gasteiger partial charge < -0.3 is 19.2 Å². The zero-order chi connectivity index (χ0) is 20.1. The van der Waals surface area contributed by atoms with Gasteiger partial charge >= 0.3 is 5.97 Å². The summed E-state index contributed by atoms with van der Waals surface area (Å²) < 4.78 is 16.1. The standard InChI is InChI=1S/C22H21NO5/c1-14-12-19(15(2)27-14)22(25)28-20(16-8-5-4-6-9-16)21(24)23-17-10-7-11-18(13-17)26-3/h4-13,20H,1-3H3,(H,23,24)/t20-/m0/s1. The minimum atomic E-state index is -1.12. The van der Waals surface area contributed by atoms with Crippen LogP contribution in [0.1, 0.15) is 33.5 Å². The van der Waals surface area contributed by atoms with Crippen molar-refractivity contribution in [2.24, 2.45) is 0 Å². The highest BCUT2D eigenvalue weighted by Crippen LogP contribution is 2.25. The van der Waals surface area contributed by atoms with E-state index in [-0.39, 0.29) is 0 Å². The van der Waals surface area contributed by atoms with E-state index in [0.717, 1.165) is 0 Å². The van der Waals surface area contributed by atoms with E-state index in [9.17, 15) is 9.59 Å². The first kappa shape index (κ1) is 19.2. The third-order valence-corrected chi connectivity index (χ3v) is 4.16. The van der Waals surface area contributed by atoms with Gasteiger partial charge in [0, 0.05) is 17.3 Å². The van der Waals surface area contributed by atoms with Gasteiger partial charge in [-0.3, -0.25) is 4.79 Å². The SMILES string of the molecule is COc1cccc(NC(=O)[C@@H](OC(=O)c2cc(C)oc2C)c2ccccc2)c1. The number of anilines is 1. The predicted octanol–water partition coefficient (Wildman–Crippen LogP) is 4.44. The van der Waals surface area contributed by atoms with Gasteiger partial charge in [-0.05, 0) is 32.0 Å². The fraction of sp³-hybridized carbons (Fsp3) is 0.182. The van der Waals surface area contributed by atoms with Crippen LogP contribution in [0, 0.1) is 13.8 Å². The number of amides is 1. The van der Waals surface area contributed by atoms with Gasteiger partial charge in [0.1, 0.15) is 22.8 Å². The molecule has 0 saturated heterocycles. The average molecular weight is 379 g/mol. The summed E-state index contributed by atoms with van der Waals surface area (Å²) in [5.74, 6) is 0.564. The monoisotopic (exact) mass is 379 g/mol. The molecule has 6 nitrogen and oxygen atoms in total. The molecule has 0 spiro atoms. The summed E-state index contributed by atoms with van der Waals surface area (Å²) in [7, 11) is 1.55. The second-order valence-corrected chi connectivity index (χ2v) is 6.24. The van der Waals surface area contributed by atoms with E-state index >= 15 is 0 Å². The number of methoxy groups -OCH3 is 1. The molecular weight excluding hydrogens is 358 g/mol. The van der Waals surface area contributed by atoms with E-state index in [4.69, 9.17) is 13.9 Å². The molecule has 0 unspecified atom stereocenters. The highest BCUT2D eigenvalue weighted by molar-refractivity contribution is 5.98. The van der Waals surface area contributed by atoms with Gasteiger partial charge in [-0.2, -0.15) is 0 Å². The second kappa shape index (κ2) is 8.43. The van der Waals surface area contributed by atoms with E-state index < -0.39 is 18.0 Å². The van der Waals surface area contributed by atoms with Gasteiger partial charge in [-0.15, -0.1) is 0 Å². The Bertz CT molecular complexity index is 978. The van der Waals surface area contributed by atoms with Crippen molar-refractivity contribution in [2.75, 3.05) is 12.4 Å². The molecule has 0 aliphatic rings. The number of hydrogen-bond donors (Lipinski definition) is 1. The zero-order valence-corrected chi connectivity index (χ0v) is 15.9. The molecule has 1 aromatic heterocycles. The Hall–Kier alpha value is -3.54. The first-order chi connectivity index (χ1) is 13.5. The lowest BCUT2D eigenvalue weighted by Crippen LogP contribution is -2.26. The van der Waals surface area contributed by atoms with Crippen molar-refractivity contribution in [3.63, 3.8) is 0 Å². The maximum atomic E-state index is 12.9. The average Bonchev–Trinajstić information content (AvgIpc) is 3.04. The molecule has 0 fully saturated rings. The van der Waals surface area contributed by atoms with Gasteiger partial charge in [-0.1, -0.05) is 36.4 Å². The quantitative estimate of drug-likeness (QED) is 0.641. The second-order valence-electron chi connectivity index (χ2n) is 6.24. The number of hydrogen-bond acceptors (Lipinski definition) is 5. The number of carbonyl (C=O) groups is 2. The van der Waals surface area contributed by atoms with Gasteiger partial charge in [-0.25, -0.2) is 4.79 Å². The summed E-state index contributed by atoms with van der Waals surface area (Å²) in [6, 6.07) is 17.4. The zero-order valence-electron chi connectivity index (χ0n) is 15.9. The summed E-state index contributed by atoms with van der Waals surface area (Å²) in [6.45, 7) is 3.42. The number of ether oxygens (including phenoxy) is 2. The summed E-state index contributed by atoms with van der Waals surface area (Å²) >= 11 is 0. The Morgan fingerprint density at radius 1 is 1.00 bits per heavy atom. The molecule has 6 heteroatoms. The largest absolute Gasteiger partial charge is 0.497 e. The number of rotatable bonds is 6. The van der Waals surface area contributed by atoms with Gasteiger partial charge in [0.2, 0.25) is 6.10 Å². The molecule has 1 heterocycles. The third-order valence-electron chi connectivity index (χ3n) is 4.16. The minimum Gasteiger partial charge on any atom is -0.497 e. The Labute approximate surface area is 163 Å². The van der Waals surface area contributed by atoms with Crippen LogP contribution in [-0.2, 0) is 9.53 Å². The van der Waals surface area contributed by atoms with Gasteiger partial charge in [0.15, 0.2) is 0 Å². The third kappa shape index (κ3) is 4.40. The van der Waals surface area contributed by atoms with Crippen LogP contribution in [0.3, 0.4) is 0 Å². The van der Waals surface area contributed by atoms with E-state index in [0.29, 0.717) is 34.1 Å². The minimum absolute atomic E-state index is 0.299. The van der Waals surface area contributed by atoms with E-state index in [1.807, 2.05) is 6.07 Å². The van der Waals surface area contributed by atoms with Crippen molar-refractivity contribution in [1.29, 1.82) is 0 Å². The molecule has 3 aromatic rings. The lowest BCUT2D eigenvalue weighted by molar-refractivity contribution is -0.125. The Balaban J connectivity index is 1.85. The molecule has 0 bridgehead atoms. The van der Waals surface area contributed by atoms with E-state index in [1.165, 1.54) is 0 Å². The molecular formula is C22H21NO5. The van der Waals surface area contributed by atoms with Crippen LogP contribution >= 0.6 is 0 Å². The first-order valence-corrected chi connectivity index (χ1v) is 8.76. The van der Waals surface area contributed by atoms with Crippen molar-refractivity contribution in [3.05, 3.63) is 83.3 Å². The molecule has 0 aliphatic heterocycles. The number of esters is 1. The maximum Gasteiger partial charge on any atom is 0.342 e. The molecule has 28 heavy (non-hydrogen) atoms. The van der Waals surface area contributed by atoms with Crippen molar-refractivity contribution in [3.8, 4) is 5.75 Å². The van der Waals surface area contributed by atoms with Crippen LogP contribution < -0.4 is 10.1 Å². The van der Waals surface area contributed by atoms with Crippen molar-refractivity contribution in [2.45, 2.75) is 20.0 Å². The number of carbonyl (C=O) groups excluding carboxylic acids is 2. The topological polar surface area (TPSA) is 77.8 Å². The van der Waals surface area contributed by atoms with E-state index in [2.05, 4.69) is 5.32 Å². The molecule has 144 valence electrons. The van der Waals surface area contributed by atoms with Crippen LogP contribution in [0.25, 0.3) is 0 Å². The van der Waals surface area contributed by atoms with Gasteiger partial charge in [0.25, 0.3) is 5.91 Å². The Kier molecular flexibility index (Phi) is 5.79. The molecule has 1 amide bonds. The van der Waals surface area contributed by atoms with Crippen LogP contribution in [0.15, 0.2) is 65.1 Å². The maximum absolute atomic E-state index is 12.9. The van der Waals surface area contributed by atoms with Crippen LogP contribution in [-0.4, -0.2) is 19.0 Å². The summed E-state index contributed by atoms with van der Waals surface area (Å²) in [5, 5.41) is 2.77. The van der Waals surface area contributed by atoms with Gasteiger partial charge in [0.05, 0.1) is 7.11 Å². The smallest absolute Gasteiger partial charge is 0.342 e. The normalized spacial score (nSPS) is 11.5. The summed E-state index contributed by atoms with van der Waals surface area (Å²) in [5.41, 5.74) is 1.40. The lowest BCUT2D eigenvalue weighted by Gasteiger charge is -2.18. The Morgan fingerprint density at radius 3 is 2.39 bits per heavy atom. The number of benzene rings is 2. The molecule has 2 aromatic carbocycles. The van der Waals surface area contributed by atoms with E-state index in [1.54, 1.807) is 75.6 Å². The van der Waals surface area contributed by atoms with Crippen LogP contribution in [0.5, 0.6) is 5.75 Å². The van der Waals surface area contributed by atoms with Crippen molar-refractivity contribution >= 4 is 17.6 Å². The number of furan rings is 1. The number of aryl methyl sites for hydroxylation is 2. The molecule has 0 saturated carbocycles.